The molecule has 5 heteroatoms. The Hall–Kier alpha value is -1.35. The van der Waals surface area contributed by atoms with Gasteiger partial charge in [0.2, 0.25) is 10.0 Å². The summed E-state index contributed by atoms with van der Waals surface area (Å²) in [6, 6.07) is 7.08. The number of sulfonamides is 1. The SMILES string of the molecule is CC(NS(C)(=O)=O)c1ccc(C#CCCO)cc1. The molecule has 1 aromatic rings. The molecule has 0 aromatic heterocycles. The molecule has 4 nitrogen and oxygen atoms in total. The molecular formula is C13H17NO3S. The molecule has 18 heavy (non-hydrogen) atoms. The molecule has 1 unspecified atom stereocenters. The van der Waals surface area contributed by atoms with Gasteiger partial charge in [0.25, 0.3) is 0 Å². The molecule has 0 fully saturated rings. The van der Waals surface area contributed by atoms with E-state index in [1.54, 1.807) is 6.92 Å². The molecule has 0 aliphatic rings. The van der Waals surface area contributed by atoms with Gasteiger partial charge in [0.1, 0.15) is 0 Å². The molecule has 98 valence electrons. The molecule has 2 N–H and O–H groups in total. The second-order valence-electron chi connectivity index (χ2n) is 4.01. The van der Waals surface area contributed by atoms with Gasteiger partial charge in [-0.3, -0.25) is 0 Å². The molecule has 0 spiro atoms. The molecule has 0 radical (unpaired) electrons. The van der Waals surface area contributed by atoms with Crippen LogP contribution in [0.2, 0.25) is 0 Å². The Balaban J connectivity index is 2.74. The van der Waals surface area contributed by atoms with Crippen molar-refractivity contribution < 1.29 is 13.5 Å². The number of aliphatic hydroxyl groups is 1. The van der Waals surface area contributed by atoms with E-state index in [4.69, 9.17) is 5.11 Å². The Morgan fingerprint density at radius 2 is 1.94 bits per heavy atom. The van der Waals surface area contributed by atoms with Gasteiger partial charge < -0.3 is 5.11 Å². The van der Waals surface area contributed by atoms with E-state index in [0.29, 0.717) is 6.42 Å². The Morgan fingerprint density at radius 1 is 1.33 bits per heavy atom. The maximum atomic E-state index is 11.1. The summed E-state index contributed by atoms with van der Waals surface area (Å²) in [5.41, 5.74) is 1.73. The van der Waals surface area contributed by atoms with Gasteiger partial charge in [-0.05, 0) is 24.6 Å². The first-order valence-corrected chi connectivity index (χ1v) is 7.48. The summed E-state index contributed by atoms with van der Waals surface area (Å²) < 4.78 is 24.7. The van der Waals surface area contributed by atoms with Crippen LogP contribution in [0.25, 0.3) is 0 Å². The fourth-order valence-electron chi connectivity index (χ4n) is 1.46. The Labute approximate surface area is 108 Å². The number of benzene rings is 1. The van der Waals surface area contributed by atoms with Gasteiger partial charge >= 0.3 is 0 Å². The van der Waals surface area contributed by atoms with Crippen molar-refractivity contribution in [3.8, 4) is 11.8 Å². The summed E-state index contributed by atoms with van der Waals surface area (Å²) in [5.74, 6) is 5.74. The minimum atomic E-state index is -3.20. The van der Waals surface area contributed by atoms with Crippen molar-refractivity contribution in [2.45, 2.75) is 19.4 Å². The third kappa shape index (κ3) is 5.32. The molecule has 1 atom stereocenters. The van der Waals surface area contributed by atoms with Gasteiger partial charge in [-0.2, -0.15) is 0 Å². The third-order valence-electron chi connectivity index (χ3n) is 2.27. The fraction of sp³-hybridized carbons (Fsp3) is 0.385. The maximum absolute atomic E-state index is 11.1. The fourth-order valence-corrected chi connectivity index (χ4v) is 2.24. The standard InChI is InChI=1S/C13H17NO3S/c1-11(14-18(2,16)17)13-8-6-12(7-9-13)5-3-4-10-15/h6-9,11,14-15H,4,10H2,1-2H3. The second kappa shape index (κ2) is 6.55. The van der Waals surface area contributed by atoms with Crippen LogP contribution in [0.1, 0.15) is 30.5 Å². The zero-order valence-corrected chi connectivity index (χ0v) is 11.3. The molecule has 0 heterocycles. The molecule has 0 saturated heterocycles. The van der Waals surface area contributed by atoms with Crippen LogP contribution in [0.5, 0.6) is 0 Å². The highest BCUT2D eigenvalue weighted by molar-refractivity contribution is 7.88. The summed E-state index contributed by atoms with van der Waals surface area (Å²) >= 11 is 0. The molecule has 0 aliphatic heterocycles. The number of rotatable bonds is 4. The summed E-state index contributed by atoms with van der Waals surface area (Å²) in [7, 11) is -3.20. The average Bonchev–Trinajstić information content (AvgIpc) is 2.28. The van der Waals surface area contributed by atoms with Crippen molar-refractivity contribution in [2.24, 2.45) is 0 Å². The van der Waals surface area contributed by atoms with E-state index < -0.39 is 10.0 Å². The monoisotopic (exact) mass is 267 g/mol. The summed E-state index contributed by atoms with van der Waals surface area (Å²) in [4.78, 5) is 0. The van der Waals surface area contributed by atoms with Crippen molar-refractivity contribution in [3.63, 3.8) is 0 Å². The first kappa shape index (κ1) is 14.7. The van der Waals surface area contributed by atoms with E-state index in [1.807, 2.05) is 24.3 Å². The van der Waals surface area contributed by atoms with Gasteiger partial charge in [0, 0.05) is 18.0 Å². The minimum Gasteiger partial charge on any atom is -0.395 e. The number of nitrogens with one attached hydrogen (secondary N) is 1. The van der Waals surface area contributed by atoms with Gasteiger partial charge in [0.15, 0.2) is 0 Å². The highest BCUT2D eigenvalue weighted by Gasteiger charge is 2.10. The number of hydrogen-bond acceptors (Lipinski definition) is 3. The van der Waals surface area contributed by atoms with Crippen LogP contribution in [-0.2, 0) is 10.0 Å². The zero-order valence-electron chi connectivity index (χ0n) is 10.5. The van der Waals surface area contributed by atoms with Crippen molar-refractivity contribution in [2.75, 3.05) is 12.9 Å². The maximum Gasteiger partial charge on any atom is 0.209 e. The van der Waals surface area contributed by atoms with Gasteiger partial charge in [-0.15, -0.1) is 0 Å². The van der Waals surface area contributed by atoms with Crippen molar-refractivity contribution >= 4 is 10.0 Å². The topological polar surface area (TPSA) is 66.4 Å². The predicted molar refractivity (Wildman–Crippen MR) is 71.4 cm³/mol. The summed E-state index contributed by atoms with van der Waals surface area (Å²) in [5, 5.41) is 8.60. The largest absolute Gasteiger partial charge is 0.395 e. The quantitative estimate of drug-likeness (QED) is 0.801. The van der Waals surface area contributed by atoms with Gasteiger partial charge in [0.05, 0.1) is 12.9 Å². The molecule has 1 aromatic carbocycles. The first-order chi connectivity index (χ1) is 8.42. The number of aliphatic hydroxyl groups excluding tert-OH is 1. The third-order valence-corrected chi connectivity index (χ3v) is 3.05. The highest BCUT2D eigenvalue weighted by Crippen LogP contribution is 2.13. The molecule has 0 amide bonds. The van der Waals surface area contributed by atoms with Crippen molar-refractivity contribution in [1.29, 1.82) is 0 Å². The Kier molecular flexibility index (Phi) is 5.35. The molecule has 0 saturated carbocycles. The van der Waals surface area contributed by atoms with Gasteiger partial charge in [-0.25, -0.2) is 13.1 Å². The lowest BCUT2D eigenvalue weighted by molar-refractivity contribution is 0.305. The predicted octanol–water partition coefficient (Wildman–Crippen LogP) is 1.03. The Morgan fingerprint density at radius 3 is 2.44 bits per heavy atom. The van der Waals surface area contributed by atoms with Crippen molar-refractivity contribution in [1.82, 2.24) is 4.72 Å². The summed E-state index contributed by atoms with van der Waals surface area (Å²) in [6.45, 7) is 1.84. The Bertz CT molecular complexity index is 538. The van der Waals surface area contributed by atoms with Crippen LogP contribution in [-0.4, -0.2) is 26.4 Å². The second-order valence-corrected chi connectivity index (χ2v) is 5.79. The normalized spacial score (nSPS) is 12.6. The van der Waals surface area contributed by atoms with Gasteiger partial charge in [-0.1, -0.05) is 24.0 Å². The van der Waals surface area contributed by atoms with Crippen LogP contribution in [0.3, 0.4) is 0 Å². The molecule has 0 bridgehead atoms. The van der Waals surface area contributed by atoms with E-state index in [0.717, 1.165) is 17.4 Å². The molecular weight excluding hydrogens is 250 g/mol. The average molecular weight is 267 g/mol. The van der Waals surface area contributed by atoms with Crippen LogP contribution >= 0.6 is 0 Å². The van der Waals surface area contributed by atoms with E-state index in [-0.39, 0.29) is 12.6 Å². The molecule has 1 rings (SSSR count). The summed E-state index contributed by atoms with van der Waals surface area (Å²) in [6.07, 6.45) is 1.59. The van der Waals surface area contributed by atoms with Crippen LogP contribution in [0.4, 0.5) is 0 Å². The van der Waals surface area contributed by atoms with Crippen LogP contribution < -0.4 is 4.72 Å². The smallest absolute Gasteiger partial charge is 0.209 e. The van der Waals surface area contributed by atoms with Crippen LogP contribution in [0.15, 0.2) is 24.3 Å². The lowest BCUT2D eigenvalue weighted by Crippen LogP contribution is -2.25. The zero-order chi connectivity index (χ0) is 13.6. The van der Waals surface area contributed by atoms with E-state index in [9.17, 15) is 8.42 Å². The van der Waals surface area contributed by atoms with E-state index >= 15 is 0 Å². The highest BCUT2D eigenvalue weighted by atomic mass is 32.2. The lowest BCUT2D eigenvalue weighted by Gasteiger charge is -2.12. The first-order valence-electron chi connectivity index (χ1n) is 5.59. The number of hydrogen-bond donors (Lipinski definition) is 2. The van der Waals surface area contributed by atoms with E-state index in [1.165, 1.54) is 0 Å². The lowest BCUT2D eigenvalue weighted by atomic mass is 10.1. The van der Waals surface area contributed by atoms with E-state index in [2.05, 4.69) is 16.6 Å². The van der Waals surface area contributed by atoms with Crippen LogP contribution in [0, 0.1) is 11.8 Å². The molecule has 0 aliphatic carbocycles. The van der Waals surface area contributed by atoms with Crippen molar-refractivity contribution in [3.05, 3.63) is 35.4 Å². The minimum absolute atomic E-state index is 0.0559.